The molecule has 0 aromatic heterocycles. The largest absolute Gasteiger partial charge is 0.383 e. The number of amides is 1. The van der Waals surface area contributed by atoms with Crippen molar-refractivity contribution in [2.45, 2.75) is 96.5 Å². The van der Waals surface area contributed by atoms with E-state index < -0.39 is 6.10 Å². The zero-order valence-electron chi connectivity index (χ0n) is 14.0. The third kappa shape index (κ3) is 8.45. The van der Waals surface area contributed by atoms with Crippen molar-refractivity contribution in [3.05, 3.63) is 0 Å². The third-order valence-electron chi connectivity index (χ3n) is 4.53. The van der Waals surface area contributed by atoms with Gasteiger partial charge in [0.2, 0.25) is 0 Å². The SMILES string of the molecule is CCCCCCCCCCCCC(O)C(=O)N1CCCC1. The van der Waals surface area contributed by atoms with E-state index in [9.17, 15) is 9.90 Å². The lowest BCUT2D eigenvalue weighted by atomic mass is 10.0. The Kier molecular flexibility index (Phi) is 10.6. The lowest BCUT2D eigenvalue weighted by molar-refractivity contribution is -0.139. The lowest BCUT2D eigenvalue weighted by Gasteiger charge is -2.19. The number of nitrogens with zero attached hydrogens (tertiary/aromatic N) is 1. The van der Waals surface area contributed by atoms with Gasteiger partial charge in [-0.2, -0.15) is 0 Å². The minimum absolute atomic E-state index is 0.0385. The summed E-state index contributed by atoms with van der Waals surface area (Å²) in [5.74, 6) is -0.0385. The Morgan fingerprint density at radius 1 is 0.905 bits per heavy atom. The molecule has 124 valence electrons. The standard InChI is InChI=1S/C18H35NO2/c1-2-3-4-5-6-7-8-9-10-11-14-17(20)18(21)19-15-12-13-16-19/h17,20H,2-16H2,1H3. The number of unbranched alkanes of at least 4 members (excludes halogenated alkanes) is 9. The Labute approximate surface area is 131 Å². The fourth-order valence-electron chi connectivity index (χ4n) is 3.10. The fraction of sp³-hybridized carbons (Fsp3) is 0.944. The topological polar surface area (TPSA) is 40.5 Å². The molecular weight excluding hydrogens is 262 g/mol. The van der Waals surface area contributed by atoms with Gasteiger partial charge < -0.3 is 10.0 Å². The zero-order valence-corrected chi connectivity index (χ0v) is 14.0. The molecule has 1 unspecified atom stereocenters. The molecule has 0 radical (unpaired) electrons. The minimum atomic E-state index is -0.753. The van der Waals surface area contributed by atoms with Crippen LogP contribution in [0.3, 0.4) is 0 Å². The average molecular weight is 297 g/mol. The molecule has 21 heavy (non-hydrogen) atoms. The van der Waals surface area contributed by atoms with E-state index >= 15 is 0 Å². The van der Waals surface area contributed by atoms with Gasteiger partial charge in [0.15, 0.2) is 0 Å². The van der Waals surface area contributed by atoms with E-state index in [0.717, 1.165) is 38.8 Å². The van der Waals surface area contributed by atoms with Gasteiger partial charge in [-0.05, 0) is 19.3 Å². The molecular formula is C18H35NO2. The smallest absolute Gasteiger partial charge is 0.251 e. The highest BCUT2D eigenvalue weighted by molar-refractivity contribution is 5.80. The van der Waals surface area contributed by atoms with Crippen molar-refractivity contribution in [1.82, 2.24) is 4.90 Å². The van der Waals surface area contributed by atoms with Crippen LogP contribution < -0.4 is 0 Å². The Bertz CT molecular complexity index is 262. The van der Waals surface area contributed by atoms with E-state index in [1.807, 2.05) is 4.90 Å². The molecule has 1 amide bonds. The molecule has 1 saturated heterocycles. The third-order valence-corrected chi connectivity index (χ3v) is 4.53. The quantitative estimate of drug-likeness (QED) is 0.546. The lowest BCUT2D eigenvalue weighted by Crippen LogP contribution is -2.37. The fourth-order valence-corrected chi connectivity index (χ4v) is 3.10. The summed E-state index contributed by atoms with van der Waals surface area (Å²) >= 11 is 0. The summed E-state index contributed by atoms with van der Waals surface area (Å²) in [5, 5.41) is 9.91. The molecule has 0 spiro atoms. The predicted octanol–water partition coefficient (Wildman–Crippen LogP) is 4.28. The Morgan fingerprint density at radius 3 is 1.90 bits per heavy atom. The van der Waals surface area contributed by atoms with E-state index in [-0.39, 0.29) is 5.91 Å². The highest BCUT2D eigenvalue weighted by atomic mass is 16.3. The van der Waals surface area contributed by atoms with Crippen molar-refractivity contribution in [2.75, 3.05) is 13.1 Å². The van der Waals surface area contributed by atoms with Crippen LogP contribution in [0.1, 0.15) is 90.4 Å². The maximum absolute atomic E-state index is 11.9. The molecule has 1 aliphatic rings. The molecule has 3 heteroatoms. The summed E-state index contributed by atoms with van der Waals surface area (Å²) < 4.78 is 0. The Morgan fingerprint density at radius 2 is 1.38 bits per heavy atom. The number of aliphatic hydroxyl groups excluding tert-OH is 1. The summed E-state index contributed by atoms with van der Waals surface area (Å²) in [6.07, 6.45) is 15.0. The van der Waals surface area contributed by atoms with Crippen molar-refractivity contribution in [2.24, 2.45) is 0 Å². The molecule has 0 aliphatic carbocycles. The Balaban J connectivity index is 1.88. The first-order valence-electron chi connectivity index (χ1n) is 9.22. The van der Waals surface area contributed by atoms with Gasteiger partial charge in [0.05, 0.1) is 0 Å². The van der Waals surface area contributed by atoms with Crippen LogP contribution in [0.15, 0.2) is 0 Å². The number of carbonyl (C=O) groups is 1. The predicted molar refractivity (Wildman–Crippen MR) is 88.3 cm³/mol. The summed E-state index contributed by atoms with van der Waals surface area (Å²) in [5.41, 5.74) is 0. The summed E-state index contributed by atoms with van der Waals surface area (Å²) in [6.45, 7) is 3.94. The van der Waals surface area contributed by atoms with E-state index in [0.29, 0.717) is 6.42 Å². The van der Waals surface area contributed by atoms with Crippen LogP contribution in [0.4, 0.5) is 0 Å². The van der Waals surface area contributed by atoms with Gasteiger partial charge in [0.25, 0.3) is 5.91 Å². The van der Waals surface area contributed by atoms with Gasteiger partial charge in [-0.3, -0.25) is 4.79 Å². The molecule has 0 saturated carbocycles. The first-order valence-corrected chi connectivity index (χ1v) is 9.22. The summed E-state index contributed by atoms with van der Waals surface area (Å²) in [6, 6.07) is 0. The van der Waals surface area contributed by atoms with Crippen molar-refractivity contribution in [1.29, 1.82) is 0 Å². The van der Waals surface area contributed by atoms with Crippen LogP contribution in [-0.2, 0) is 4.79 Å². The maximum Gasteiger partial charge on any atom is 0.251 e. The molecule has 3 nitrogen and oxygen atoms in total. The second-order valence-corrected chi connectivity index (χ2v) is 6.52. The molecule has 1 atom stereocenters. The average Bonchev–Trinajstić information content (AvgIpc) is 3.02. The molecule has 1 N–H and O–H groups in total. The van der Waals surface area contributed by atoms with E-state index in [4.69, 9.17) is 0 Å². The van der Waals surface area contributed by atoms with Crippen LogP contribution in [0.25, 0.3) is 0 Å². The van der Waals surface area contributed by atoms with E-state index in [2.05, 4.69) is 6.92 Å². The normalized spacial score (nSPS) is 16.4. The summed E-state index contributed by atoms with van der Waals surface area (Å²) in [7, 11) is 0. The van der Waals surface area contributed by atoms with E-state index in [1.54, 1.807) is 0 Å². The van der Waals surface area contributed by atoms with Gasteiger partial charge in [-0.15, -0.1) is 0 Å². The Hall–Kier alpha value is -0.570. The van der Waals surface area contributed by atoms with Crippen molar-refractivity contribution in [3.63, 3.8) is 0 Å². The second-order valence-electron chi connectivity index (χ2n) is 6.52. The van der Waals surface area contributed by atoms with Gasteiger partial charge in [-0.1, -0.05) is 71.1 Å². The van der Waals surface area contributed by atoms with Crippen LogP contribution in [0.2, 0.25) is 0 Å². The van der Waals surface area contributed by atoms with Crippen molar-refractivity contribution >= 4 is 5.91 Å². The maximum atomic E-state index is 11.9. The van der Waals surface area contributed by atoms with Crippen LogP contribution in [0.5, 0.6) is 0 Å². The first-order chi connectivity index (χ1) is 10.3. The van der Waals surface area contributed by atoms with Gasteiger partial charge in [-0.25, -0.2) is 0 Å². The number of aliphatic hydroxyl groups is 1. The van der Waals surface area contributed by atoms with Gasteiger partial charge >= 0.3 is 0 Å². The number of hydrogen-bond donors (Lipinski definition) is 1. The van der Waals surface area contributed by atoms with Crippen LogP contribution >= 0.6 is 0 Å². The minimum Gasteiger partial charge on any atom is -0.383 e. The van der Waals surface area contributed by atoms with Crippen LogP contribution in [-0.4, -0.2) is 35.1 Å². The monoisotopic (exact) mass is 297 g/mol. The van der Waals surface area contributed by atoms with E-state index in [1.165, 1.54) is 51.4 Å². The number of hydrogen-bond acceptors (Lipinski definition) is 2. The molecule has 0 aromatic carbocycles. The highest BCUT2D eigenvalue weighted by Crippen LogP contribution is 2.14. The molecule has 0 aromatic rings. The highest BCUT2D eigenvalue weighted by Gasteiger charge is 2.23. The second kappa shape index (κ2) is 12.0. The first kappa shape index (κ1) is 18.5. The molecule has 1 rings (SSSR count). The number of likely N-dealkylation sites (tertiary alicyclic amines) is 1. The summed E-state index contributed by atoms with van der Waals surface area (Å²) in [4.78, 5) is 13.7. The molecule has 1 fully saturated rings. The molecule has 1 aliphatic heterocycles. The van der Waals surface area contributed by atoms with Crippen molar-refractivity contribution < 1.29 is 9.90 Å². The number of carbonyl (C=O) groups excluding carboxylic acids is 1. The van der Waals surface area contributed by atoms with Gasteiger partial charge in [0.1, 0.15) is 6.10 Å². The number of rotatable bonds is 12. The van der Waals surface area contributed by atoms with Crippen molar-refractivity contribution in [3.8, 4) is 0 Å². The zero-order chi connectivity index (χ0) is 15.3. The molecule has 0 bridgehead atoms. The van der Waals surface area contributed by atoms with Gasteiger partial charge in [0, 0.05) is 13.1 Å². The van der Waals surface area contributed by atoms with Crippen LogP contribution in [0, 0.1) is 0 Å². The molecule has 1 heterocycles.